The summed E-state index contributed by atoms with van der Waals surface area (Å²) < 4.78 is 33.6. The SMILES string of the molecule is CCOc1ccc2cc(S(=O)(=O)N[C@@H](C)c3ccccc3)ccc2c1. The highest BCUT2D eigenvalue weighted by Crippen LogP contribution is 2.25. The van der Waals surface area contributed by atoms with Gasteiger partial charge in [-0.3, -0.25) is 0 Å². The van der Waals surface area contributed by atoms with Gasteiger partial charge in [0.2, 0.25) is 10.0 Å². The number of rotatable bonds is 6. The van der Waals surface area contributed by atoms with Crippen molar-refractivity contribution < 1.29 is 13.2 Å². The molecule has 5 heteroatoms. The molecule has 0 bridgehead atoms. The average molecular weight is 355 g/mol. The summed E-state index contributed by atoms with van der Waals surface area (Å²) in [6, 6.07) is 20.0. The Kier molecular flexibility index (Phi) is 5.06. The molecule has 0 saturated heterocycles. The van der Waals surface area contributed by atoms with E-state index in [1.807, 2.05) is 62.4 Å². The van der Waals surface area contributed by atoms with Gasteiger partial charge in [0.05, 0.1) is 11.5 Å². The molecule has 0 aliphatic rings. The molecule has 0 fully saturated rings. The lowest BCUT2D eigenvalue weighted by atomic mass is 10.1. The largest absolute Gasteiger partial charge is 0.494 e. The van der Waals surface area contributed by atoms with Crippen molar-refractivity contribution in [2.45, 2.75) is 24.8 Å². The van der Waals surface area contributed by atoms with Gasteiger partial charge >= 0.3 is 0 Å². The Balaban J connectivity index is 1.88. The number of hydrogen-bond acceptors (Lipinski definition) is 3. The molecule has 4 nitrogen and oxygen atoms in total. The third-order valence-corrected chi connectivity index (χ3v) is 5.57. The molecule has 1 N–H and O–H groups in total. The summed E-state index contributed by atoms with van der Waals surface area (Å²) >= 11 is 0. The molecule has 3 rings (SSSR count). The Hall–Kier alpha value is -2.37. The number of ether oxygens (including phenoxy) is 1. The molecule has 3 aromatic rings. The fourth-order valence-electron chi connectivity index (χ4n) is 2.74. The van der Waals surface area contributed by atoms with Crippen LogP contribution in [0.1, 0.15) is 25.5 Å². The molecule has 0 aliphatic carbocycles. The monoisotopic (exact) mass is 355 g/mol. The van der Waals surface area contributed by atoms with E-state index >= 15 is 0 Å². The van der Waals surface area contributed by atoms with Crippen LogP contribution in [-0.4, -0.2) is 15.0 Å². The molecule has 130 valence electrons. The summed E-state index contributed by atoms with van der Waals surface area (Å²) in [4.78, 5) is 0.256. The first-order valence-corrected chi connectivity index (χ1v) is 9.72. The average Bonchev–Trinajstić information content (AvgIpc) is 2.62. The lowest BCUT2D eigenvalue weighted by Crippen LogP contribution is -2.26. The van der Waals surface area contributed by atoms with Gasteiger partial charge in [-0.25, -0.2) is 13.1 Å². The van der Waals surface area contributed by atoms with Crippen molar-refractivity contribution in [1.82, 2.24) is 4.72 Å². The van der Waals surface area contributed by atoms with Crippen molar-refractivity contribution in [2.75, 3.05) is 6.61 Å². The van der Waals surface area contributed by atoms with Crippen molar-refractivity contribution in [3.8, 4) is 5.75 Å². The van der Waals surface area contributed by atoms with Crippen LogP contribution in [0.4, 0.5) is 0 Å². The third kappa shape index (κ3) is 4.00. The summed E-state index contributed by atoms with van der Waals surface area (Å²) in [6.07, 6.45) is 0. The van der Waals surface area contributed by atoms with E-state index in [1.165, 1.54) is 0 Å². The molecule has 0 heterocycles. The fourth-order valence-corrected chi connectivity index (χ4v) is 4.00. The van der Waals surface area contributed by atoms with Gasteiger partial charge in [-0.2, -0.15) is 0 Å². The molecule has 0 radical (unpaired) electrons. The zero-order chi connectivity index (χ0) is 17.9. The molecular weight excluding hydrogens is 334 g/mol. The van der Waals surface area contributed by atoms with Gasteiger partial charge in [0, 0.05) is 6.04 Å². The quantitative estimate of drug-likeness (QED) is 0.718. The number of fused-ring (bicyclic) bond motifs is 1. The normalized spacial score (nSPS) is 12.9. The first kappa shape index (κ1) is 17.5. The Bertz CT molecular complexity index is 969. The van der Waals surface area contributed by atoms with Gasteiger partial charge in [-0.15, -0.1) is 0 Å². The van der Waals surface area contributed by atoms with E-state index in [4.69, 9.17) is 4.74 Å². The van der Waals surface area contributed by atoms with Crippen molar-refractivity contribution in [3.63, 3.8) is 0 Å². The minimum absolute atomic E-state index is 0.256. The minimum atomic E-state index is -3.60. The topological polar surface area (TPSA) is 55.4 Å². The molecule has 0 amide bonds. The third-order valence-electron chi connectivity index (χ3n) is 4.04. The van der Waals surface area contributed by atoms with E-state index in [1.54, 1.807) is 18.2 Å². The first-order valence-electron chi connectivity index (χ1n) is 8.23. The van der Waals surface area contributed by atoms with Crippen molar-refractivity contribution in [1.29, 1.82) is 0 Å². The van der Waals surface area contributed by atoms with E-state index in [0.29, 0.717) is 6.61 Å². The standard InChI is InChI=1S/C20H21NO3S/c1-3-24-19-11-9-18-14-20(12-10-17(18)13-19)25(22,23)21-15(2)16-7-5-4-6-8-16/h4-15,21H,3H2,1-2H3/t15-/m0/s1. The van der Waals surface area contributed by atoms with Gasteiger partial charge < -0.3 is 4.74 Å². The van der Waals surface area contributed by atoms with Crippen LogP contribution >= 0.6 is 0 Å². The highest BCUT2D eigenvalue weighted by atomic mass is 32.2. The van der Waals surface area contributed by atoms with Crippen molar-refractivity contribution in [3.05, 3.63) is 72.3 Å². The van der Waals surface area contributed by atoms with Crippen LogP contribution < -0.4 is 9.46 Å². The molecule has 0 aromatic heterocycles. The predicted molar refractivity (Wildman–Crippen MR) is 100 cm³/mol. The van der Waals surface area contributed by atoms with Crippen LogP contribution in [0.25, 0.3) is 10.8 Å². The Morgan fingerprint density at radius 2 is 1.64 bits per heavy atom. The van der Waals surface area contributed by atoms with E-state index < -0.39 is 10.0 Å². The minimum Gasteiger partial charge on any atom is -0.494 e. The molecular formula is C20H21NO3S. The summed E-state index contributed by atoms with van der Waals surface area (Å²) in [5.41, 5.74) is 0.924. The van der Waals surface area contributed by atoms with Crippen LogP contribution in [0.3, 0.4) is 0 Å². The van der Waals surface area contributed by atoms with Gasteiger partial charge in [0.1, 0.15) is 5.75 Å². The maximum Gasteiger partial charge on any atom is 0.241 e. The van der Waals surface area contributed by atoms with Crippen LogP contribution in [0.2, 0.25) is 0 Å². The van der Waals surface area contributed by atoms with E-state index in [9.17, 15) is 8.42 Å². The highest BCUT2D eigenvalue weighted by molar-refractivity contribution is 7.89. The number of sulfonamides is 1. The lowest BCUT2D eigenvalue weighted by Gasteiger charge is -2.15. The van der Waals surface area contributed by atoms with Gasteiger partial charge in [-0.1, -0.05) is 42.5 Å². The maximum atomic E-state index is 12.7. The molecule has 0 unspecified atom stereocenters. The van der Waals surface area contributed by atoms with Crippen LogP contribution in [0.15, 0.2) is 71.6 Å². The van der Waals surface area contributed by atoms with E-state index in [-0.39, 0.29) is 10.9 Å². The molecule has 0 aliphatic heterocycles. The van der Waals surface area contributed by atoms with E-state index in [2.05, 4.69) is 4.72 Å². The van der Waals surface area contributed by atoms with Crippen LogP contribution in [0.5, 0.6) is 5.75 Å². The summed E-state index contributed by atoms with van der Waals surface area (Å²) in [5.74, 6) is 0.779. The fraction of sp³-hybridized carbons (Fsp3) is 0.200. The molecule has 1 atom stereocenters. The zero-order valence-electron chi connectivity index (χ0n) is 14.3. The molecule has 0 spiro atoms. The Morgan fingerprint density at radius 3 is 2.36 bits per heavy atom. The first-order chi connectivity index (χ1) is 12.0. The second kappa shape index (κ2) is 7.25. The highest BCUT2D eigenvalue weighted by Gasteiger charge is 2.18. The zero-order valence-corrected chi connectivity index (χ0v) is 15.1. The number of benzene rings is 3. The molecule has 3 aromatic carbocycles. The number of nitrogens with one attached hydrogen (secondary N) is 1. The second-order valence-electron chi connectivity index (χ2n) is 5.86. The maximum absolute atomic E-state index is 12.7. The molecule has 0 saturated carbocycles. The second-order valence-corrected chi connectivity index (χ2v) is 7.57. The Morgan fingerprint density at radius 1 is 0.960 bits per heavy atom. The predicted octanol–water partition coefficient (Wildman–Crippen LogP) is 4.28. The van der Waals surface area contributed by atoms with Crippen LogP contribution in [-0.2, 0) is 10.0 Å². The van der Waals surface area contributed by atoms with Gasteiger partial charge in [0.15, 0.2) is 0 Å². The summed E-state index contributed by atoms with van der Waals surface area (Å²) in [6.45, 7) is 4.36. The molecule has 25 heavy (non-hydrogen) atoms. The smallest absolute Gasteiger partial charge is 0.241 e. The lowest BCUT2D eigenvalue weighted by molar-refractivity contribution is 0.341. The Labute approximate surface area is 148 Å². The summed E-state index contributed by atoms with van der Waals surface area (Å²) in [7, 11) is -3.60. The van der Waals surface area contributed by atoms with Gasteiger partial charge in [0.25, 0.3) is 0 Å². The number of hydrogen-bond donors (Lipinski definition) is 1. The summed E-state index contributed by atoms with van der Waals surface area (Å²) in [5, 5.41) is 1.81. The van der Waals surface area contributed by atoms with Crippen molar-refractivity contribution >= 4 is 20.8 Å². The van der Waals surface area contributed by atoms with Crippen LogP contribution in [0, 0.1) is 0 Å². The van der Waals surface area contributed by atoms with E-state index in [0.717, 1.165) is 22.1 Å². The van der Waals surface area contributed by atoms with Crippen molar-refractivity contribution in [2.24, 2.45) is 0 Å². The van der Waals surface area contributed by atoms with Gasteiger partial charge in [-0.05, 0) is 54.4 Å².